The molecule has 0 aromatic heterocycles. The fraction of sp³-hybridized carbons (Fsp3) is 0.871. The molecule has 0 bridgehead atoms. The van der Waals surface area contributed by atoms with E-state index in [4.69, 9.17) is 19.3 Å². The lowest BCUT2D eigenvalue weighted by atomic mass is 10.1. The first-order valence-corrected chi connectivity index (χ1v) is 17.0. The number of aliphatic hydroxyl groups is 1. The highest BCUT2D eigenvalue weighted by Gasteiger charge is 2.28. The minimum absolute atomic E-state index is 0.352. The van der Waals surface area contributed by atoms with E-state index in [0.29, 0.717) is 24.2 Å². The molecule has 0 aliphatic heterocycles. The molecule has 0 saturated carbocycles. The number of rotatable bonds is 25. The second kappa shape index (κ2) is 27.6. The van der Waals surface area contributed by atoms with Gasteiger partial charge in [-0.05, 0) is 64.7 Å². The van der Waals surface area contributed by atoms with E-state index in [0.717, 1.165) is 13.0 Å². The molecule has 0 rings (SSSR count). The summed E-state index contributed by atoms with van der Waals surface area (Å²) < 4.78 is 21.6. The highest BCUT2D eigenvalue weighted by molar-refractivity contribution is 7.52. The number of ether oxygens (including phenoxy) is 2. The van der Waals surface area contributed by atoms with Gasteiger partial charge in [0.15, 0.2) is 0 Å². The van der Waals surface area contributed by atoms with Crippen molar-refractivity contribution in [1.82, 2.24) is 0 Å². The molecule has 0 aliphatic rings. The number of hydrogen-bond acceptors (Lipinski definition) is 4. The lowest BCUT2D eigenvalue weighted by Crippen LogP contribution is -2.40. The average molecular weight is 579 g/mol. The van der Waals surface area contributed by atoms with Crippen molar-refractivity contribution in [1.29, 1.82) is 0 Å². The van der Waals surface area contributed by atoms with Crippen molar-refractivity contribution in [2.45, 2.75) is 122 Å². The second-order valence-electron chi connectivity index (χ2n) is 11.7. The van der Waals surface area contributed by atoms with Crippen LogP contribution in [0, 0.1) is 0 Å². The molecule has 0 aliphatic carbocycles. The van der Waals surface area contributed by atoms with E-state index >= 15 is 0 Å². The molecular weight excluding hydrogens is 513 g/mol. The van der Waals surface area contributed by atoms with Crippen LogP contribution in [0.2, 0.25) is 0 Å². The van der Waals surface area contributed by atoms with E-state index in [1.165, 1.54) is 89.9 Å². The van der Waals surface area contributed by atoms with Crippen molar-refractivity contribution in [3.63, 3.8) is 0 Å². The Kier molecular flexibility index (Phi) is 28.8. The Morgan fingerprint density at radius 2 is 1.18 bits per heavy atom. The molecule has 1 unspecified atom stereocenters. The van der Waals surface area contributed by atoms with E-state index in [-0.39, 0.29) is 0 Å². The summed E-state index contributed by atoms with van der Waals surface area (Å²) in [4.78, 5) is 17.5. The maximum atomic E-state index is 10.7. The van der Waals surface area contributed by atoms with Crippen molar-refractivity contribution in [2.24, 2.45) is 0 Å². The molecule has 2 atom stereocenters. The molecule has 0 aromatic carbocycles. The first-order valence-electron chi connectivity index (χ1n) is 15.3. The van der Waals surface area contributed by atoms with Gasteiger partial charge in [0, 0.05) is 13.7 Å². The first-order chi connectivity index (χ1) is 18.4. The lowest BCUT2D eigenvalue weighted by Gasteiger charge is -2.27. The standard InChI is InChI=1S/C25H48O3.C6H16NO3P/c1-3-4-5-6-7-8-9-10-11-12-13-14-15-16-17-18-19-20-21-22-28-24-25(26)23-27-2;1-6(11(8,9)10)5-7(2,3)4/h7-8,13-14,25-26H,3-6,9-12,15-24H2,1-2H3;6H,5H2,1-4H3,(H-,8,9,10)/p+1/b8-7-,14-13-;/t25-;/m0./s1. The smallest absolute Gasteiger partial charge is 0.333 e. The third kappa shape index (κ3) is 35.4. The number of allylic oxidation sites excluding steroid dienone is 4. The van der Waals surface area contributed by atoms with Gasteiger partial charge >= 0.3 is 7.60 Å². The van der Waals surface area contributed by atoms with Crippen LogP contribution in [0.5, 0.6) is 0 Å². The van der Waals surface area contributed by atoms with E-state index in [2.05, 4.69) is 31.2 Å². The molecule has 0 amide bonds. The fourth-order valence-corrected chi connectivity index (χ4v) is 4.74. The summed E-state index contributed by atoms with van der Waals surface area (Å²) in [5, 5.41) is 9.45. The van der Waals surface area contributed by atoms with Crippen molar-refractivity contribution in [3.05, 3.63) is 24.3 Å². The Morgan fingerprint density at radius 3 is 1.59 bits per heavy atom. The molecule has 0 aromatic rings. The van der Waals surface area contributed by atoms with Gasteiger partial charge in [-0.1, -0.05) is 69.8 Å². The molecule has 7 nitrogen and oxygen atoms in total. The number of quaternary nitrogens is 1. The SMILES string of the molecule is CC(C[N+](C)(C)C)P(=O)(O)O.CCCCC/C=C\CCCC/C=C\CCCCCCCCOC[C@@H](O)COC. The van der Waals surface area contributed by atoms with Gasteiger partial charge in [0.25, 0.3) is 0 Å². The third-order valence-corrected chi connectivity index (χ3v) is 7.58. The largest absolute Gasteiger partial charge is 0.388 e. The second-order valence-corrected chi connectivity index (χ2v) is 13.8. The van der Waals surface area contributed by atoms with Crippen LogP contribution in [-0.4, -0.2) is 85.8 Å². The van der Waals surface area contributed by atoms with Crippen LogP contribution in [-0.2, 0) is 14.0 Å². The lowest BCUT2D eigenvalue weighted by molar-refractivity contribution is -0.869. The van der Waals surface area contributed by atoms with Crippen molar-refractivity contribution in [2.75, 3.05) is 54.6 Å². The topological polar surface area (TPSA) is 96.2 Å². The van der Waals surface area contributed by atoms with Crippen LogP contribution in [0.3, 0.4) is 0 Å². The summed E-state index contributed by atoms with van der Waals surface area (Å²) in [6, 6.07) is 0. The van der Waals surface area contributed by atoms with Crippen LogP contribution >= 0.6 is 7.60 Å². The van der Waals surface area contributed by atoms with E-state index in [1.807, 2.05) is 21.1 Å². The summed E-state index contributed by atoms with van der Waals surface area (Å²) in [6.45, 7) is 5.81. The highest BCUT2D eigenvalue weighted by Crippen LogP contribution is 2.41. The summed E-state index contributed by atoms with van der Waals surface area (Å²) >= 11 is 0. The molecule has 0 radical (unpaired) electrons. The van der Waals surface area contributed by atoms with Gasteiger partial charge in [0.2, 0.25) is 0 Å². The minimum atomic E-state index is -3.87. The molecule has 3 N–H and O–H groups in total. The first kappa shape index (κ1) is 40.6. The Balaban J connectivity index is 0. The predicted molar refractivity (Wildman–Crippen MR) is 166 cm³/mol. The summed E-state index contributed by atoms with van der Waals surface area (Å²) in [7, 11) is 3.45. The van der Waals surface area contributed by atoms with Gasteiger partial charge in [0.05, 0.1) is 40.9 Å². The van der Waals surface area contributed by atoms with E-state index < -0.39 is 19.4 Å². The number of unbranched alkanes of at least 4 members (excludes halogenated alkanes) is 12. The zero-order chi connectivity index (χ0) is 29.8. The van der Waals surface area contributed by atoms with Gasteiger partial charge < -0.3 is 28.9 Å². The summed E-state index contributed by atoms with van der Waals surface area (Å²) in [5.74, 6) is 0. The quantitative estimate of drug-likeness (QED) is 0.0457. The molecule has 39 heavy (non-hydrogen) atoms. The molecule has 0 saturated heterocycles. The predicted octanol–water partition coefficient (Wildman–Crippen LogP) is 7.25. The monoisotopic (exact) mass is 578 g/mol. The maximum absolute atomic E-state index is 10.7. The zero-order valence-corrected chi connectivity index (χ0v) is 27.3. The third-order valence-electron chi connectivity index (χ3n) is 6.26. The number of nitrogens with zero attached hydrogens (tertiary/aromatic N) is 1. The summed E-state index contributed by atoms with van der Waals surface area (Å²) in [6.07, 6.45) is 28.2. The number of methoxy groups -OCH3 is 1. The fourth-order valence-electron chi connectivity index (χ4n) is 4.04. The van der Waals surface area contributed by atoms with Crippen LogP contribution in [0.15, 0.2) is 24.3 Å². The molecule has 0 fully saturated rings. The van der Waals surface area contributed by atoms with Gasteiger partial charge in [-0.2, -0.15) is 0 Å². The van der Waals surface area contributed by atoms with Crippen LogP contribution in [0.25, 0.3) is 0 Å². The average Bonchev–Trinajstić information content (AvgIpc) is 2.84. The molecule has 234 valence electrons. The van der Waals surface area contributed by atoms with E-state index in [9.17, 15) is 9.67 Å². The Bertz CT molecular complexity index is 615. The van der Waals surface area contributed by atoms with Crippen molar-refractivity contribution in [3.8, 4) is 0 Å². The summed E-state index contributed by atoms with van der Waals surface area (Å²) in [5.41, 5.74) is -0.553. The molecule has 0 spiro atoms. The van der Waals surface area contributed by atoms with Gasteiger partial charge in [-0.15, -0.1) is 0 Å². The zero-order valence-electron chi connectivity index (χ0n) is 26.4. The van der Waals surface area contributed by atoms with Crippen molar-refractivity contribution < 1.29 is 33.4 Å². The Labute approximate surface area is 241 Å². The molecule has 8 heteroatoms. The molecule has 0 heterocycles. The van der Waals surface area contributed by atoms with E-state index in [1.54, 1.807) is 14.0 Å². The number of aliphatic hydroxyl groups excluding tert-OH is 1. The van der Waals surface area contributed by atoms with Crippen molar-refractivity contribution >= 4 is 7.60 Å². The van der Waals surface area contributed by atoms with Crippen LogP contribution in [0.4, 0.5) is 0 Å². The van der Waals surface area contributed by atoms with Gasteiger partial charge in [-0.25, -0.2) is 0 Å². The maximum Gasteiger partial charge on any atom is 0.333 e. The minimum Gasteiger partial charge on any atom is -0.388 e. The van der Waals surface area contributed by atoms with Crippen LogP contribution in [0.1, 0.15) is 110 Å². The highest BCUT2D eigenvalue weighted by atomic mass is 31.2. The Morgan fingerprint density at radius 1 is 0.744 bits per heavy atom. The van der Waals surface area contributed by atoms with Crippen LogP contribution < -0.4 is 0 Å². The normalized spacial score (nSPS) is 14.1. The Hall–Kier alpha value is -0.530. The van der Waals surface area contributed by atoms with Gasteiger partial charge in [0.1, 0.15) is 11.8 Å². The number of hydrogen-bond donors (Lipinski definition) is 3. The van der Waals surface area contributed by atoms with Gasteiger partial charge in [-0.3, -0.25) is 4.57 Å². The molecular formula is C31H65NO6P+.